The average Bonchev–Trinajstić information content (AvgIpc) is 2.92. The van der Waals surface area contributed by atoms with Gasteiger partial charge in [-0.1, -0.05) is 104 Å². The zero-order valence-electron chi connectivity index (χ0n) is 31.1. The Balaban J connectivity index is -0.000000726. The maximum Gasteiger partial charge on any atom is 0.238 e. The van der Waals surface area contributed by atoms with E-state index in [0.717, 1.165) is 12.8 Å². The Bertz CT molecular complexity index is 838. The number of amides is 4. The monoisotopic (exact) mass is 629 g/mol. The van der Waals surface area contributed by atoms with Crippen LogP contribution in [-0.4, -0.2) is 62.4 Å². The van der Waals surface area contributed by atoms with E-state index in [9.17, 15) is 19.2 Å². The first-order valence-electron chi connectivity index (χ1n) is 16.6. The SMILES string of the molecule is CC.CC(C)CC(C)(C(=O)NCCNC(=O)C(C)C)C(C)C.CC(C)CC(C)(C(=O)NCCNC(=O)C(N)CN)C(C)(C)C. The van der Waals surface area contributed by atoms with Gasteiger partial charge in [0.2, 0.25) is 23.6 Å². The highest BCUT2D eigenvalue weighted by Gasteiger charge is 2.44. The molecule has 0 aliphatic carbocycles. The first-order valence-corrected chi connectivity index (χ1v) is 16.6. The van der Waals surface area contributed by atoms with E-state index in [4.69, 9.17) is 11.5 Å². The Kier molecular flexibility index (Phi) is 23.5. The molecule has 0 aliphatic rings. The molecule has 0 bridgehead atoms. The second-order valence-corrected chi connectivity index (χ2v) is 14.4. The fraction of sp³-hybridized carbons (Fsp3) is 0.882. The largest absolute Gasteiger partial charge is 0.354 e. The molecule has 44 heavy (non-hydrogen) atoms. The maximum absolute atomic E-state index is 12.6. The van der Waals surface area contributed by atoms with E-state index in [1.807, 2.05) is 41.5 Å². The first kappa shape index (κ1) is 46.2. The Hall–Kier alpha value is -2.20. The molecule has 3 unspecified atom stereocenters. The van der Waals surface area contributed by atoms with Gasteiger partial charge < -0.3 is 32.7 Å². The molecule has 10 nitrogen and oxygen atoms in total. The fourth-order valence-electron chi connectivity index (χ4n) is 4.56. The van der Waals surface area contributed by atoms with Gasteiger partial charge in [0.15, 0.2) is 0 Å². The molecule has 4 amide bonds. The second-order valence-electron chi connectivity index (χ2n) is 14.4. The molecule has 262 valence electrons. The summed E-state index contributed by atoms with van der Waals surface area (Å²) in [4.78, 5) is 47.9. The van der Waals surface area contributed by atoms with E-state index in [1.165, 1.54) is 0 Å². The van der Waals surface area contributed by atoms with Crippen molar-refractivity contribution in [2.75, 3.05) is 32.7 Å². The highest BCUT2D eigenvalue weighted by molar-refractivity contribution is 5.84. The van der Waals surface area contributed by atoms with Gasteiger partial charge in [-0.05, 0) is 36.0 Å². The zero-order valence-corrected chi connectivity index (χ0v) is 31.1. The molecule has 0 aliphatic heterocycles. The quantitative estimate of drug-likeness (QED) is 0.140. The van der Waals surface area contributed by atoms with Gasteiger partial charge in [0.05, 0.1) is 11.5 Å². The third-order valence-corrected chi connectivity index (χ3v) is 8.13. The molecule has 0 heterocycles. The predicted octanol–water partition coefficient (Wildman–Crippen LogP) is 4.21. The van der Waals surface area contributed by atoms with Crippen molar-refractivity contribution in [3.63, 3.8) is 0 Å². The molecule has 0 saturated heterocycles. The van der Waals surface area contributed by atoms with Gasteiger partial charge in [-0.3, -0.25) is 19.2 Å². The number of hydrogen-bond acceptors (Lipinski definition) is 6. The molecule has 0 aromatic rings. The van der Waals surface area contributed by atoms with Crippen LogP contribution in [0.4, 0.5) is 0 Å². The van der Waals surface area contributed by atoms with Gasteiger partial charge in [-0.15, -0.1) is 0 Å². The molecule has 0 radical (unpaired) electrons. The van der Waals surface area contributed by atoms with Crippen molar-refractivity contribution < 1.29 is 19.2 Å². The van der Waals surface area contributed by atoms with Crippen LogP contribution in [0.5, 0.6) is 0 Å². The third kappa shape index (κ3) is 17.3. The minimum atomic E-state index is -0.698. The lowest BCUT2D eigenvalue weighted by Crippen LogP contribution is -2.51. The van der Waals surface area contributed by atoms with Crippen LogP contribution >= 0.6 is 0 Å². The maximum atomic E-state index is 12.6. The van der Waals surface area contributed by atoms with Crippen LogP contribution in [0.2, 0.25) is 0 Å². The molecule has 0 saturated carbocycles. The van der Waals surface area contributed by atoms with Crippen LogP contribution in [0.15, 0.2) is 0 Å². The van der Waals surface area contributed by atoms with Crippen LogP contribution in [0.1, 0.15) is 117 Å². The van der Waals surface area contributed by atoms with Crippen LogP contribution in [-0.2, 0) is 19.2 Å². The van der Waals surface area contributed by atoms with Crippen molar-refractivity contribution in [2.45, 2.75) is 123 Å². The fourth-order valence-corrected chi connectivity index (χ4v) is 4.56. The number of carbonyl (C=O) groups excluding carboxylic acids is 4. The lowest BCUT2D eigenvalue weighted by Gasteiger charge is -2.41. The molecular formula is C34H72N6O4. The minimum absolute atomic E-state index is 0.0195. The summed E-state index contributed by atoms with van der Waals surface area (Å²) in [5.74, 6) is 1.00. The van der Waals surface area contributed by atoms with E-state index in [1.54, 1.807) is 0 Å². The van der Waals surface area contributed by atoms with E-state index in [-0.39, 0.29) is 52.8 Å². The van der Waals surface area contributed by atoms with Crippen molar-refractivity contribution in [3.8, 4) is 0 Å². The van der Waals surface area contributed by atoms with Crippen molar-refractivity contribution in [2.24, 2.45) is 51.4 Å². The molecule has 0 aromatic carbocycles. The number of rotatable bonds is 16. The highest BCUT2D eigenvalue weighted by atomic mass is 16.2. The normalized spacial score (nSPS) is 14.8. The van der Waals surface area contributed by atoms with Gasteiger partial charge in [-0.2, -0.15) is 0 Å². The zero-order chi connectivity index (χ0) is 35.5. The van der Waals surface area contributed by atoms with Crippen molar-refractivity contribution in [1.29, 1.82) is 0 Å². The van der Waals surface area contributed by atoms with Gasteiger partial charge in [-0.25, -0.2) is 0 Å². The van der Waals surface area contributed by atoms with E-state index in [0.29, 0.717) is 38.0 Å². The number of hydrogen-bond donors (Lipinski definition) is 6. The standard InChI is InChI=1S/C16H34N4O2.C16H32N2O2.C2H6/c1-11(2)9-16(6,15(3,4)5)14(22)20-8-7-19-13(21)12(18)10-17;1-11(2)10-16(7,13(5)6)15(20)18-9-8-17-14(19)12(3)4;1-2/h11-12H,7-10,17-18H2,1-6H3,(H,19,21)(H,20,22);11-13H,8-10H2,1-7H3,(H,17,19)(H,18,20);1-2H3. The van der Waals surface area contributed by atoms with Crippen molar-refractivity contribution in [3.05, 3.63) is 0 Å². The van der Waals surface area contributed by atoms with Crippen LogP contribution in [0.25, 0.3) is 0 Å². The van der Waals surface area contributed by atoms with E-state index < -0.39 is 11.5 Å². The Morgan fingerprint density at radius 1 is 0.614 bits per heavy atom. The van der Waals surface area contributed by atoms with Crippen LogP contribution in [0.3, 0.4) is 0 Å². The summed E-state index contributed by atoms with van der Waals surface area (Å²) in [5.41, 5.74) is 9.88. The summed E-state index contributed by atoms with van der Waals surface area (Å²) in [7, 11) is 0. The molecule has 0 rings (SSSR count). The van der Waals surface area contributed by atoms with Gasteiger partial charge >= 0.3 is 0 Å². The van der Waals surface area contributed by atoms with E-state index >= 15 is 0 Å². The number of nitrogens with two attached hydrogens (primary N) is 2. The van der Waals surface area contributed by atoms with Crippen LogP contribution < -0.4 is 32.7 Å². The third-order valence-electron chi connectivity index (χ3n) is 8.13. The first-order chi connectivity index (χ1) is 20.1. The Morgan fingerprint density at radius 3 is 1.34 bits per heavy atom. The summed E-state index contributed by atoms with van der Waals surface area (Å²) in [6, 6.07) is -0.698. The van der Waals surface area contributed by atoms with Gasteiger partial charge in [0.1, 0.15) is 0 Å². The van der Waals surface area contributed by atoms with Crippen molar-refractivity contribution >= 4 is 23.6 Å². The average molecular weight is 629 g/mol. The molecular weight excluding hydrogens is 556 g/mol. The summed E-state index contributed by atoms with van der Waals surface area (Å²) in [6.07, 6.45) is 1.68. The molecule has 10 heteroatoms. The van der Waals surface area contributed by atoms with Crippen LogP contribution in [0, 0.1) is 39.9 Å². The smallest absolute Gasteiger partial charge is 0.238 e. The molecule has 0 spiro atoms. The summed E-state index contributed by atoms with van der Waals surface area (Å²) in [6.45, 7) is 32.5. The topological polar surface area (TPSA) is 168 Å². The molecule has 3 atom stereocenters. The number of nitrogens with one attached hydrogen (secondary N) is 4. The summed E-state index contributed by atoms with van der Waals surface area (Å²) < 4.78 is 0. The highest BCUT2D eigenvalue weighted by Crippen LogP contribution is 2.43. The minimum Gasteiger partial charge on any atom is -0.354 e. The second kappa shape index (κ2) is 22.3. The number of carbonyl (C=O) groups is 4. The summed E-state index contributed by atoms with van der Waals surface area (Å²) in [5, 5.41) is 11.3. The van der Waals surface area contributed by atoms with Crippen molar-refractivity contribution in [1.82, 2.24) is 21.3 Å². The lowest BCUT2D eigenvalue weighted by atomic mass is 9.63. The summed E-state index contributed by atoms with van der Waals surface area (Å²) >= 11 is 0. The molecule has 8 N–H and O–H groups in total. The van der Waals surface area contributed by atoms with Gasteiger partial charge in [0, 0.05) is 44.1 Å². The van der Waals surface area contributed by atoms with E-state index in [2.05, 4.69) is 83.6 Å². The lowest BCUT2D eigenvalue weighted by molar-refractivity contribution is -0.137. The van der Waals surface area contributed by atoms with Gasteiger partial charge in [0.25, 0.3) is 0 Å². The molecule has 0 fully saturated rings. The molecule has 0 aromatic heterocycles. The Morgan fingerprint density at radius 2 is 1.00 bits per heavy atom. The Labute approximate surface area is 270 Å². The predicted molar refractivity (Wildman–Crippen MR) is 185 cm³/mol.